The van der Waals surface area contributed by atoms with Crippen molar-refractivity contribution >= 4 is 11.9 Å². The lowest BCUT2D eigenvalue weighted by Crippen LogP contribution is -2.49. The molecule has 0 atom stereocenters. The average molecular weight is 349 g/mol. The highest BCUT2D eigenvalue weighted by molar-refractivity contribution is 5.85. The zero-order valence-corrected chi connectivity index (χ0v) is 15.7. The number of carbonyl (C=O) groups is 1. The van der Waals surface area contributed by atoms with Crippen molar-refractivity contribution in [3.8, 4) is 0 Å². The Labute approximate surface area is 150 Å². The highest BCUT2D eigenvalue weighted by atomic mass is 16.2. The zero-order chi connectivity index (χ0) is 18.1. The van der Waals surface area contributed by atoms with Gasteiger partial charge in [0.15, 0.2) is 5.96 Å². The molecule has 0 aliphatic heterocycles. The van der Waals surface area contributed by atoms with Gasteiger partial charge in [0.25, 0.3) is 0 Å². The Hall–Kier alpha value is -2.12. The van der Waals surface area contributed by atoms with Crippen LogP contribution in [-0.4, -0.2) is 65.8 Å². The molecule has 1 saturated carbocycles. The van der Waals surface area contributed by atoms with Gasteiger partial charge in [-0.1, -0.05) is 12.8 Å². The van der Waals surface area contributed by atoms with E-state index in [0.29, 0.717) is 6.54 Å². The second-order valence-corrected chi connectivity index (χ2v) is 6.95. The van der Waals surface area contributed by atoms with Crippen LogP contribution in [0, 0.1) is 5.41 Å². The number of carbonyl (C=O) groups excluding carboxylic acids is 1. The second kappa shape index (κ2) is 9.39. The van der Waals surface area contributed by atoms with E-state index in [0.717, 1.165) is 57.6 Å². The minimum absolute atomic E-state index is 0.224. The molecule has 8 heteroatoms. The normalized spacial score (nSPS) is 16.7. The molecule has 0 saturated heterocycles. The molecular weight excluding hydrogens is 318 g/mol. The van der Waals surface area contributed by atoms with Gasteiger partial charge in [-0.2, -0.15) is 0 Å². The van der Waals surface area contributed by atoms with Gasteiger partial charge in [0, 0.05) is 40.8 Å². The summed E-state index contributed by atoms with van der Waals surface area (Å²) in [6.45, 7) is 2.40. The number of nitrogens with zero attached hydrogens (tertiary/aromatic N) is 5. The van der Waals surface area contributed by atoms with E-state index in [2.05, 4.69) is 25.8 Å². The van der Waals surface area contributed by atoms with E-state index < -0.39 is 0 Å². The SMILES string of the molecule is CN=C(NCCCCn1cnnc1)NCC1(C(=O)N(C)C)CCCC1. The summed E-state index contributed by atoms with van der Waals surface area (Å²) in [5, 5.41) is 14.3. The van der Waals surface area contributed by atoms with Gasteiger partial charge < -0.3 is 20.1 Å². The molecule has 1 aliphatic carbocycles. The fourth-order valence-electron chi connectivity index (χ4n) is 3.43. The van der Waals surface area contributed by atoms with Crippen LogP contribution in [0.1, 0.15) is 38.5 Å². The minimum atomic E-state index is -0.282. The molecule has 1 heterocycles. The fourth-order valence-corrected chi connectivity index (χ4v) is 3.43. The predicted octanol–water partition coefficient (Wildman–Crippen LogP) is 0.872. The lowest BCUT2D eigenvalue weighted by atomic mass is 9.84. The van der Waals surface area contributed by atoms with E-state index in [1.165, 1.54) is 0 Å². The molecule has 1 fully saturated rings. The monoisotopic (exact) mass is 349 g/mol. The molecule has 1 aromatic rings. The van der Waals surface area contributed by atoms with Crippen LogP contribution in [0.3, 0.4) is 0 Å². The predicted molar refractivity (Wildman–Crippen MR) is 98.2 cm³/mol. The van der Waals surface area contributed by atoms with Gasteiger partial charge in [-0.05, 0) is 25.7 Å². The highest BCUT2D eigenvalue weighted by Crippen LogP contribution is 2.38. The smallest absolute Gasteiger partial charge is 0.230 e. The van der Waals surface area contributed by atoms with Crippen molar-refractivity contribution in [2.24, 2.45) is 10.4 Å². The number of hydrogen-bond acceptors (Lipinski definition) is 4. The summed E-state index contributed by atoms with van der Waals surface area (Å²) in [6, 6.07) is 0. The van der Waals surface area contributed by atoms with Crippen molar-refractivity contribution in [3.05, 3.63) is 12.7 Å². The summed E-state index contributed by atoms with van der Waals surface area (Å²) in [6.07, 6.45) is 9.69. The molecule has 0 bridgehead atoms. The Morgan fingerprint density at radius 3 is 2.48 bits per heavy atom. The van der Waals surface area contributed by atoms with Crippen molar-refractivity contribution in [1.82, 2.24) is 30.3 Å². The Morgan fingerprint density at radius 1 is 1.20 bits per heavy atom. The first-order valence-corrected chi connectivity index (χ1v) is 9.06. The van der Waals surface area contributed by atoms with Gasteiger partial charge in [-0.15, -0.1) is 10.2 Å². The van der Waals surface area contributed by atoms with E-state index in [1.54, 1.807) is 24.6 Å². The van der Waals surface area contributed by atoms with E-state index in [-0.39, 0.29) is 11.3 Å². The first kappa shape index (κ1) is 19.2. The number of guanidine groups is 1. The minimum Gasteiger partial charge on any atom is -0.356 e. The average Bonchev–Trinajstić information content (AvgIpc) is 3.29. The molecule has 0 spiro atoms. The van der Waals surface area contributed by atoms with Gasteiger partial charge in [0.1, 0.15) is 12.7 Å². The maximum Gasteiger partial charge on any atom is 0.230 e. The van der Waals surface area contributed by atoms with Crippen LogP contribution in [0.5, 0.6) is 0 Å². The quantitative estimate of drug-likeness (QED) is 0.413. The van der Waals surface area contributed by atoms with Gasteiger partial charge in [0.05, 0.1) is 5.41 Å². The highest BCUT2D eigenvalue weighted by Gasteiger charge is 2.42. The van der Waals surface area contributed by atoms with Crippen molar-refractivity contribution in [2.45, 2.75) is 45.1 Å². The number of aryl methyl sites for hydroxylation is 1. The molecule has 8 nitrogen and oxygen atoms in total. The van der Waals surface area contributed by atoms with Crippen molar-refractivity contribution in [2.75, 3.05) is 34.2 Å². The third kappa shape index (κ3) is 5.44. The van der Waals surface area contributed by atoms with Crippen LogP contribution in [0.25, 0.3) is 0 Å². The number of aromatic nitrogens is 3. The number of hydrogen-bond donors (Lipinski definition) is 2. The summed E-state index contributed by atoms with van der Waals surface area (Å²) in [7, 11) is 5.44. The van der Waals surface area contributed by atoms with E-state index in [4.69, 9.17) is 0 Å². The summed E-state index contributed by atoms with van der Waals surface area (Å²) in [5.74, 6) is 0.990. The Balaban J connectivity index is 1.72. The molecule has 140 valence electrons. The zero-order valence-electron chi connectivity index (χ0n) is 15.7. The molecule has 0 radical (unpaired) electrons. The summed E-state index contributed by atoms with van der Waals surface area (Å²) in [4.78, 5) is 18.6. The van der Waals surface area contributed by atoms with Crippen LogP contribution in [-0.2, 0) is 11.3 Å². The van der Waals surface area contributed by atoms with Crippen LogP contribution < -0.4 is 10.6 Å². The molecule has 1 amide bonds. The molecule has 0 unspecified atom stereocenters. The first-order chi connectivity index (χ1) is 12.1. The lowest BCUT2D eigenvalue weighted by molar-refractivity contribution is -0.138. The van der Waals surface area contributed by atoms with Gasteiger partial charge in [0.2, 0.25) is 5.91 Å². The van der Waals surface area contributed by atoms with Crippen LogP contribution in [0.2, 0.25) is 0 Å². The van der Waals surface area contributed by atoms with Crippen molar-refractivity contribution < 1.29 is 4.79 Å². The van der Waals surface area contributed by atoms with Crippen LogP contribution in [0.4, 0.5) is 0 Å². The van der Waals surface area contributed by atoms with Crippen LogP contribution >= 0.6 is 0 Å². The standard InChI is InChI=1S/C17H31N7O/c1-18-16(19-10-6-7-11-24-13-21-22-14-24)20-12-17(8-4-5-9-17)15(25)23(2)3/h13-14H,4-12H2,1-3H3,(H2,18,19,20). The van der Waals surface area contributed by atoms with Gasteiger partial charge in [-0.3, -0.25) is 9.79 Å². The van der Waals surface area contributed by atoms with Crippen molar-refractivity contribution in [3.63, 3.8) is 0 Å². The van der Waals surface area contributed by atoms with Crippen LogP contribution in [0.15, 0.2) is 17.6 Å². The van der Waals surface area contributed by atoms with E-state index in [9.17, 15) is 4.79 Å². The molecular formula is C17H31N7O. The number of aliphatic imine (C=N–C) groups is 1. The van der Waals surface area contributed by atoms with Gasteiger partial charge >= 0.3 is 0 Å². The lowest BCUT2D eigenvalue weighted by Gasteiger charge is -2.31. The maximum absolute atomic E-state index is 12.6. The molecule has 2 N–H and O–H groups in total. The molecule has 1 aromatic heterocycles. The van der Waals surface area contributed by atoms with Crippen molar-refractivity contribution in [1.29, 1.82) is 0 Å². The fraction of sp³-hybridized carbons (Fsp3) is 0.765. The number of unbranched alkanes of at least 4 members (excludes halogenated alkanes) is 1. The summed E-state index contributed by atoms with van der Waals surface area (Å²) in [5.41, 5.74) is -0.282. The third-order valence-electron chi connectivity index (χ3n) is 4.84. The van der Waals surface area contributed by atoms with Gasteiger partial charge in [-0.25, -0.2) is 0 Å². The molecule has 1 aliphatic rings. The third-order valence-corrected chi connectivity index (χ3v) is 4.84. The molecule has 2 rings (SSSR count). The van der Waals surface area contributed by atoms with E-state index >= 15 is 0 Å². The van der Waals surface area contributed by atoms with E-state index in [1.807, 2.05) is 18.7 Å². The maximum atomic E-state index is 12.6. The largest absolute Gasteiger partial charge is 0.356 e. The Morgan fingerprint density at radius 2 is 1.88 bits per heavy atom. The first-order valence-electron chi connectivity index (χ1n) is 9.06. The summed E-state index contributed by atoms with van der Waals surface area (Å²) >= 11 is 0. The number of nitrogens with one attached hydrogen (secondary N) is 2. The molecule has 25 heavy (non-hydrogen) atoms. The second-order valence-electron chi connectivity index (χ2n) is 6.95. The Bertz CT molecular complexity index is 547. The molecule has 0 aromatic carbocycles. The summed E-state index contributed by atoms with van der Waals surface area (Å²) < 4.78 is 1.98. The topological polar surface area (TPSA) is 87.4 Å². The number of rotatable bonds is 8. The Kier molecular flexibility index (Phi) is 7.21. The number of amides is 1.